The number of hydrogen-bond acceptors (Lipinski definition) is 4. The van der Waals surface area contributed by atoms with Crippen LogP contribution in [0.4, 0.5) is 0 Å². The first-order valence-corrected chi connectivity index (χ1v) is 3.74. The number of hydrogen-bond donors (Lipinski definition) is 3. The van der Waals surface area contributed by atoms with Crippen LogP contribution < -0.4 is 17.2 Å². The molecule has 1 rings (SSSR count). The molecule has 0 spiro atoms. The van der Waals surface area contributed by atoms with Crippen molar-refractivity contribution in [1.29, 1.82) is 0 Å². The number of nitrogens with zero attached hydrogens (tertiary/aromatic N) is 1. The Kier molecular flexibility index (Phi) is 6.18. The van der Waals surface area contributed by atoms with Gasteiger partial charge >= 0.3 is 0 Å². The summed E-state index contributed by atoms with van der Waals surface area (Å²) < 4.78 is 0. The maximum absolute atomic E-state index is 5.31. The number of nitrogens with two attached hydrogens (primary N) is 1. The second kappa shape index (κ2) is 6.72. The lowest BCUT2D eigenvalue weighted by atomic mass is 10.3. The molecule has 68 valence electrons. The van der Waals surface area contributed by atoms with Crippen LogP contribution in [-0.2, 0) is 6.54 Å². The smallest absolute Gasteiger partial charge is 0.0541 e. The molecule has 1 heterocycles. The molecule has 0 aromatic carbocycles. The van der Waals surface area contributed by atoms with Gasteiger partial charge in [0.15, 0.2) is 0 Å². The van der Waals surface area contributed by atoms with Crippen LogP contribution in [0.5, 0.6) is 0 Å². The Morgan fingerprint density at radius 1 is 1.42 bits per heavy atom. The number of rotatable bonds is 4. The Morgan fingerprint density at radius 2 is 2.25 bits per heavy atom. The molecule has 4 heteroatoms. The molecule has 0 aliphatic rings. The average molecular weight is 168 g/mol. The molecule has 0 atom stereocenters. The van der Waals surface area contributed by atoms with Gasteiger partial charge in [0.05, 0.1) is 5.69 Å². The lowest BCUT2D eigenvalue weighted by Gasteiger charge is -2.00. The molecular formula is C8H16N4. The molecule has 0 saturated carbocycles. The van der Waals surface area contributed by atoms with Crippen molar-refractivity contribution in [3.8, 4) is 0 Å². The van der Waals surface area contributed by atoms with Gasteiger partial charge in [0.25, 0.3) is 0 Å². The summed E-state index contributed by atoms with van der Waals surface area (Å²) in [4.78, 5) is 4.15. The summed E-state index contributed by atoms with van der Waals surface area (Å²) in [5, 5.41) is 3.16. The highest BCUT2D eigenvalue weighted by Gasteiger charge is 1.89. The fraction of sp³-hybridized carbons (Fsp3) is 0.375. The highest BCUT2D eigenvalue weighted by atomic mass is 14.9. The van der Waals surface area contributed by atoms with Crippen LogP contribution in [0.15, 0.2) is 24.4 Å². The van der Waals surface area contributed by atoms with E-state index in [0.717, 1.165) is 18.8 Å². The molecule has 0 fully saturated rings. The van der Waals surface area contributed by atoms with E-state index in [0.29, 0.717) is 6.54 Å². The van der Waals surface area contributed by atoms with E-state index in [1.165, 1.54) is 0 Å². The van der Waals surface area contributed by atoms with E-state index in [2.05, 4.69) is 10.3 Å². The van der Waals surface area contributed by atoms with Gasteiger partial charge in [0.2, 0.25) is 0 Å². The van der Waals surface area contributed by atoms with Gasteiger partial charge in [-0.25, -0.2) is 0 Å². The molecular weight excluding hydrogens is 152 g/mol. The third-order valence-corrected chi connectivity index (χ3v) is 1.35. The topological polar surface area (TPSA) is 85.9 Å². The summed E-state index contributed by atoms with van der Waals surface area (Å²) in [6.07, 6.45) is 1.79. The van der Waals surface area contributed by atoms with Crippen molar-refractivity contribution in [3.05, 3.63) is 30.1 Å². The van der Waals surface area contributed by atoms with E-state index in [1.54, 1.807) is 6.20 Å². The molecule has 4 nitrogen and oxygen atoms in total. The molecule has 0 aliphatic carbocycles. The zero-order chi connectivity index (χ0) is 7.94. The van der Waals surface area contributed by atoms with E-state index in [4.69, 9.17) is 5.73 Å². The summed E-state index contributed by atoms with van der Waals surface area (Å²) in [6, 6.07) is 5.88. The summed E-state index contributed by atoms with van der Waals surface area (Å²) in [5.74, 6) is 0. The Balaban J connectivity index is 0.00000121. The molecule has 1 aromatic rings. The van der Waals surface area contributed by atoms with Crippen LogP contribution in [0.1, 0.15) is 5.69 Å². The summed E-state index contributed by atoms with van der Waals surface area (Å²) in [5.41, 5.74) is 6.37. The van der Waals surface area contributed by atoms with Crippen LogP contribution in [0.3, 0.4) is 0 Å². The van der Waals surface area contributed by atoms with Crippen molar-refractivity contribution >= 4 is 0 Å². The van der Waals surface area contributed by atoms with Gasteiger partial charge in [0, 0.05) is 25.8 Å². The molecule has 0 amide bonds. The Bertz CT molecular complexity index is 188. The zero-order valence-electron chi connectivity index (χ0n) is 7.16. The SMILES string of the molecule is N.NCCNCc1ccccn1. The number of pyridine rings is 1. The molecule has 0 saturated heterocycles. The fourth-order valence-electron chi connectivity index (χ4n) is 0.821. The first-order valence-electron chi connectivity index (χ1n) is 3.74. The molecule has 12 heavy (non-hydrogen) atoms. The standard InChI is InChI=1S/C8H13N3.H3N/c9-4-6-10-7-8-3-1-2-5-11-8;/h1-3,5,10H,4,6-7,9H2;1H3. The second-order valence-corrected chi connectivity index (χ2v) is 2.29. The van der Waals surface area contributed by atoms with E-state index >= 15 is 0 Å². The normalized spacial score (nSPS) is 9.08. The predicted octanol–water partition coefficient (Wildman–Crippen LogP) is 0.292. The highest BCUT2D eigenvalue weighted by molar-refractivity contribution is 5.02. The van der Waals surface area contributed by atoms with Crippen molar-refractivity contribution in [2.45, 2.75) is 6.54 Å². The van der Waals surface area contributed by atoms with E-state index < -0.39 is 0 Å². The largest absolute Gasteiger partial charge is 0.344 e. The molecule has 0 aliphatic heterocycles. The first-order chi connectivity index (χ1) is 5.43. The predicted molar refractivity (Wildman–Crippen MR) is 50.0 cm³/mol. The van der Waals surface area contributed by atoms with Crippen molar-refractivity contribution in [3.63, 3.8) is 0 Å². The van der Waals surface area contributed by atoms with Crippen LogP contribution in [0.2, 0.25) is 0 Å². The zero-order valence-corrected chi connectivity index (χ0v) is 7.16. The molecule has 6 N–H and O–H groups in total. The molecule has 0 radical (unpaired) electrons. The molecule has 0 unspecified atom stereocenters. The van der Waals surface area contributed by atoms with Crippen molar-refractivity contribution < 1.29 is 0 Å². The quantitative estimate of drug-likeness (QED) is 0.564. The maximum atomic E-state index is 5.31. The Labute approximate surface area is 72.8 Å². The van der Waals surface area contributed by atoms with Gasteiger partial charge in [-0.2, -0.15) is 0 Å². The van der Waals surface area contributed by atoms with Crippen LogP contribution in [-0.4, -0.2) is 18.1 Å². The van der Waals surface area contributed by atoms with Crippen molar-refractivity contribution in [2.24, 2.45) is 5.73 Å². The summed E-state index contributed by atoms with van der Waals surface area (Å²) >= 11 is 0. The van der Waals surface area contributed by atoms with Crippen molar-refractivity contribution in [1.82, 2.24) is 16.5 Å². The second-order valence-electron chi connectivity index (χ2n) is 2.29. The monoisotopic (exact) mass is 168 g/mol. The van der Waals surface area contributed by atoms with E-state index in [9.17, 15) is 0 Å². The minimum atomic E-state index is 0. The van der Waals surface area contributed by atoms with Crippen molar-refractivity contribution in [2.75, 3.05) is 13.1 Å². The Hall–Kier alpha value is -0.970. The fourth-order valence-corrected chi connectivity index (χ4v) is 0.821. The van der Waals surface area contributed by atoms with Gasteiger partial charge in [-0.15, -0.1) is 0 Å². The van der Waals surface area contributed by atoms with Gasteiger partial charge < -0.3 is 17.2 Å². The summed E-state index contributed by atoms with van der Waals surface area (Å²) in [7, 11) is 0. The van der Waals surface area contributed by atoms with E-state index in [1.807, 2.05) is 18.2 Å². The minimum Gasteiger partial charge on any atom is -0.344 e. The molecule has 1 aromatic heterocycles. The van der Waals surface area contributed by atoms with Crippen LogP contribution >= 0.6 is 0 Å². The van der Waals surface area contributed by atoms with Crippen LogP contribution in [0, 0.1) is 0 Å². The maximum Gasteiger partial charge on any atom is 0.0541 e. The van der Waals surface area contributed by atoms with E-state index in [-0.39, 0.29) is 6.15 Å². The molecule has 0 bridgehead atoms. The van der Waals surface area contributed by atoms with Crippen LogP contribution in [0.25, 0.3) is 0 Å². The van der Waals surface area contributed by atoms with Gasteiger partial charge in [0.1, 0.15) is 0 Å². The third-order valence-electron chi connectivity index (χ3n) is 1.35. The lowest BCUT2D eigenvalue weighted by Crippen LogP contribution is -2.22. The lowest BCUT2D eigenvalue weighted by molar-refractivity contribution is 0.682. The van der Waals surface area contributed by atoms with Gasteiger partial charge in [-0.1, -0.05) is 6.07 Å². The first kappa shape index (κ1) is 11.0. The Morgan fingerprint density at radius 3 is 2.83 bits per heavy atom. The third kappa shape index (κ3) is 4.02. The minimum absolute atomic E-state index is 0. The van der Waals surface area contributed by atoms with Gasteiger partial charge in [-0.3, -0.25) is 4.98 Å². The number of aromatic nitrogens is 1. The van der Waals surface area contributed by atoms with Gasteiger partial charge in [-0.05, 0) is 12.1 Å². The highest BCUT2D eigenvalue weighted by Crippen LogP contribution is 1.90. The number of nitrogens with one attached hydrogen (secondary N) is 1. The average Bonchev–Trinajstić information content (AvgIpc) is 2.07. The summed E-state index contributed by atoms with van der Waals surface area (Å²) in [6.45, 7) is 2.32.